The van der Waals surface area contributed by atoms with Gasteiger partial charge in [0.15, 0.2) is 0 Å². The highest BCUT2D eigenvalue weighted by Crippen LogP contribution is 2.29. The standard InChI is InChI=1S/C25H28ClN3O6S2/c1-28(2)36(31,32)21-11-9-19(10-12-21)16-27-25(30)18-29(17-20-7-5-4-6-8-20)37(33,34)22-13-14-24(35-3)23(26)15-22/h4-15H,16-18H2,1-3H3,(H,27,30). The average Bonchev–Trinajstić information content (AvgIpc) is 2.87. The van der Waals surface area contributed by atoms with Gasteiger partial charge in [0.25, 0.3) is 0 Å². The van der Waals surface area contributed by atoms with E-state index in [9.17, 15) is 21.6 Å². The highest BCUT2D eigenvalue weighted by atomic mass is 35.5. The smallest absolute Gasteiger partial charge is 0.243 e. The number of hydrogen-bond acceptors (Lipinski definition) is 6. The Hall–Kier alpha value is -2.96. The molecule has 3 rings (SSSR count). The normalized spacial score (nSPS) is 12.1. The Kier molecular flexibility index (Phi) is 9.32. The van der Waals surface area contributed by atoms with Crippen molar-refractivity contribution in [2.75, 3.05) is 27.7 Å². The molecular formula is C25H28ClN3O6S2. The van der Waals surface area contributed by atoms with Gasteiger partial charge in [0.05, 0.1) is 28.5 Å². The van der Waals surface area contributed by atoms with E-state index in [1.54, 1.807) is 36.4 Å². The van der Waals surface area contributed by atoms with Crippen molar-refractivity contribution in [2.45, 2.75) is 22.9 Å². The zero-order valence-electron chi connectivity index (χ0n) is 20.6. The van der Waals surface area contributed by atoms with Crippen molar-refractivity contribution < 1.29 is 26.4 Å². The molecule has 0 fully saturated rings. The van der Waals surface area contributed by atoms with Crippen LogP contribution in [0.4, 0.5) is 0 Å². The van der Waals surface area contributed by atoms with Crippen LogP contribution < -0.4 is 10.1 Å². The molecule has 0 saturated heterocycles. The van der Waals surface area contributed by atoms with Crippen LogP contribution >= 0.6 is 11.6 Å². The lowest BCUT2D eigenvalue weighted by Crippen LogP contribution is -2.40. The van der Waals surface area contributed by atoms with Crippen LogP contribution in [-0.2, 0) is 37.9 Å². The van der Waals surface area contributed by atoms with E-state index in [4.69, 9.17) is 16.3 Å². The number of nitrogens with one attached hydrogen (secondary N) is 1. The van der Waals surface area contributed by atoms with Crippen molar-refractivity contribution in [1.82, 2.24) is 13.9 Å². The number of sulfonamides is 2. The zero-order chi connectivity index (χ0) is 27.2. The number of carbonyl (C=O) groups is 1. The van der Waals surface area contributed by atoms with Crippen molar-refractivity contribution in [1.29, 1.82) is 0 Å². The molecule has 0 radical (unpaired) electrons. The molecule has 0 saturated carbocycles. The predicted molar refractivity (Wildman–Crippen MR) is 141 cm³/mol. The first-order chi connectivity index (χ1) is 17.4. The number of carbonyl (C=O) groups excluding carboxylic acids is 1. The monoisotopic (exact) mass is 565 g/mol. The molecule has 1 amide bonds. The van der Waals surface area contributed by atoms with E-state index < -0.39 is 32.5 Å². The number of hydrogen-bond donors (Lipinski definition) is 1. The lowest BCUT2D eigenvalue weighted by Gasteiger charge is -2.22. The molecule has 0 atom stereocenters. The molecular weight excluding hydrogens is 538 g/mol. The minimum atomic E-state index is -4.09. The summed E-state index contributed by atoms with van der Waals surface area (Å²) in [6.07, 6.45) is 0. The van der Waals surface area contributed by atoms with Gasteiger partial charge in [-0.15, -0.1) is 0 Å². The van der Waals surface area contributed by atoms with E-state index >= 15 is 0 Å². The Labute approximate surface area is 222 Å². The van der Waals surface area contributed by atoms with Crippen LogP contribution in [0.3, 0.4) is 0 Å². The van der Waals surface area contributed by atoms with Gasteiger partial charge < -0.3 is 10.1 Å². The van der Waals surface area contributed by atoms with Crippen LogP contribution in [0.15, 0.2) is 82.6 Å². The molecule has 37 heavy (non-hydrogen) atoms. The highest BCUT2D eigenvalue weighted by Gasteiger charge is 2.28. The van der Waals surface area contributed by atoms with E-state index in [1.807, 2.05) is 6.07 Å². The molecule has 0 heterocycles. The van der Waals surface area contributed by atoms with Crippen LogP contribution in [0.2, 0.25) is 5.02 Å². The van der Waals surface area contributed by atoms with Crippen molar-refractivity contribution in [2.24, 2.45) is 0 Å². The van der Waals surface area contributed by atoms with Gasteiger partial charge in [-0.25, -0.2) is 21.1 Å². The van der Waals surface area contributed by atoms with Gasteiger partial charge in [0.2, 0.25) is 26.0 Å². The second-order valence-corrected chi connectivity index (χ2v) is 12.8. The minimum absolute atomic E-state index is 0.0304. The van der Waals surface area contributed by atoms with Crippen molar-refractivity contribution >= 4 is 37.6 Å². The molecule has 3 aromatic carbocycles. The molecule has 0 spiro atoms. The number of rotatable bonds is 11. The van der Waals surface area contributed by atoms with E-state index in [2.05, 4.69) is 5.32 Å². The molecule has 9 nitrogen and oxygen atoms in total. The van der Waals surface area contributed by atoms with E-state index in [-0.39, 0.29) is 27.9 Å². The molecule has 0 aliphatic rings. The van der Waals surface area contributed by atoms with Crippen LogP contribution in [0.1, 0.15) is 11.1 Å². The highest BCUT2D eigenvalue weighted by molar-refractivity contribution is 7.89. The first-order valence-corrected chi connectivity index (χ1v) is 14.4. The summed E-state index contributed by atoms with van der Waals surface area (Å²) < 4.78 is 58.7. The van der Waals surface area contributed by atoms with Gasteiger partial charge in [-0.05, 0) is 41.5 Å². The number of amides is 1. The molecule has 0 bridgehead atoms. The van der Waals surface area contributed by atoms with E-state index in [0.29, 0.717) is 16.9 Å². The molecule has 198 valence electrons. The molecule has 0 aromatic heterocycles. The third-order valence-electron chi connectivity index (χ3n) is 5.47. The zero-order valence-corrected chi connectivity index (χ0v) is 23.0. The van der Waals surface area contributed by atoms with Gasteiger partial charge in [0, 0.05) is 27.2 Å². The van der Waals surface area contributed by atoms with Gasteiger partial charge in [-0.1, -0.05) is 54.1 Å². The summed E-state index contributed by atoms with van der Waals surface area (Å²) >= 11 is 6.15. The Morgan fingerprint density at radius 2 is 1.49 bits per heavy atom. The first kappa shape index (κ1) is 28.6. The molecule has 0 unspecified atom stereocenters. The molecule has 0 aliphatic carbocycles. The Morgan fingerprint density at radius 3 is 2.05 bits per heavy atom. The van der Waals surface area contributed by atoms with Crippen molar-refractivity contribution in [3.8, 4) is 5.75 Å². The molecule has 3 aromatic rings. The Balaban J connectivity index is 1.77. The van der Waals surface area contributed by atoms with Crippen LogP contribution in [-0.4, -0.2) is 59.1 Å². The fourth-order valence-electron chi connectivity index (χ4n) is 3.38. The fourth-order valence-corrected chi connectivity index (χ4v) is 6.01. The SMILES string of the molecule is COc1ccc(S(=O)(=O)N(CC(=O)NCc2ccc(S(=O)(=O)N(C)C)cc2)Cc2ccccc2)cc1Cl. The number of benzene rings is 3. The summed E-state index contributed by atoms with van der Waals surface area (Å²) in [5, 5.41) is 2.83. The Bertz CT molecular complexity index is 1450. The maximum Gasteiger partial charge on any atom is 0.243 e. The van der Waals surface area contributed by atoms with Crippen molar-refractivity contribution in [3.63, 3.8) is 0 Å². The van der Waals surface area contributed by atoms with E-state index in [1.165, 1.54) is 51.5 Å². The summed E-state index contributed by atoms with van der Waals surface area (Å²) in [4.78, 5) is 12.9. The number of ether oxygens (including phenoxy) is 1. The summed E-state index contributed by atoms with van der Waals surface area (Å²) in [5.74, 6) is -0.193. The van der Waals surface area contributed by atoms with Gasteiger partial charge in [-0.3, -0.25) is 4.79 Å². The number of halogens is 1. The summed E-state index contributed by atoms with van der Waals surface area (Å²) in [5.41, 5.74) is 1.36. The fraction of sp³-hybridized carbons (Fsp3) is 0.240. The van der Waals surface area contributed by atoms with Gasteiger partial charge in [0.1, 0.15) is 5.75 Å². The summed E-state index contributed by atoms with van der Waals surface area (Å²) in [6.45, 7) is -0.375. The Morgan fingerprint density at radius 1 is 0.865 bits per heavy atom. The summed E-state index contributed by atoms with van der Waals surface area (Å²) in [7, 11) is -3.35. The predicted octanol–water partition coefficient (Wildman–Crippen LogP) is 3.11. The van der Waals surface area contributed by atoms with Crippen LogP contribution in [0, 0.1) is 0 Å². The lowest BCUT2D eigenvalue weighted by atomic mass is 10.2. The third-order valence-corrected chi connectivity index (χ3v) is 9.39. The van der Waals surface area contributed by atoms with Crippen LogP contribution in [0.5, 0.6) is 5.75 Å². The molecule has 0 aliphatic heterocycles. The second-order valence-electron chi connectivity index (χ2n) is 8.26. The maximum atomic E-state index is 13.5. The summed E-state index contributed by atoms with van der Waals surface area (Å²) in [6, 6.07) is 19.1. The molecule has 12 heteroatoms. The first-order valence-electron chi connectivity index (χ1n) is 11.1. The third kappa shape index (κ3) is 7.08. The lowest BCUT2D eigenvalue weighted by molar-refractivity contribution is -0.121. The maximum absolute atomic E-state index is 13.5. The number of nitrogens with zero attached hydrogens (tertiary/aromatic N) is 2. The second kappa shape index (κ2) is 12.1. The minimum Gasteiger partial charge on any atom is -0.495 e. The van der Waals surface area contributed by atoms with E-state index in [0.717, 1.165) is 8.61 Å². The largest absolute Gasteiger partial charge is 0.495 e. The van der Waals surface area contributed by atoms with Gasteiger partial charge in [-0.2, -0.15) is 4.31 Å². The topological polar surface area (TPSA) is 113 Å². The van der Waals surface area contributed by atoms with Crippen molar-refractivity contribution in [3.05, 3.63) is 88.9 Å². The van der Waals surface area contributed by atoms with Gasteiger partial charge >= 0.3 is 0 Å². The van der Waals surface area contributed by atoms with Crippen LogP contribution in [0.25, 0.3) is 0 Å². The quantitative estimate of drug-likeness (QED) is 0.382. The molecule has 1 N–H and O–H groups in total. The average molecular weight is 566 g/mol. The number of methoxy groups -OCH3 is 1.